The molecule has 1 aliphatic rings. The first-order valence-corrected chi connectivity index (χ1v) is 10.2. The third-order valence-corrected chi connectivity index (χ3v) is 5.17. The third kappa shape index (κ3) is 4.23. The zero-order valence-corrected chi connectivity index (χ0v) is 17.6. The van der Waals surface area contributed by atoms with Crippen LogP contribution < -0.4 is 14.8 Å². The lowest BCUT2D eigenvalue weighted by Gasteiger charge is -2.13. The Morgan fingerprint density at radius 1 is 1.00 bits per heavy atom. The Morgan fingerprint density at radius 2 is 1.81 bits per heavy atom. The number of benzene rings is 3. The molecule has 3 amide bonds. The van der Waals surface area contributed by atoms with Crippen LogP contribution in [-0.2, 0) is 11.4 Å². The maximum atomic E-state index is 12.4. The summed E-state index contributed by atoms with van der Waals surface area (Å²) in [5.41, 5.74) is 2.07. The van der Waals surface area contributed by atoms with Crippen LogP contribution in [0.5, 0.6) is 11.5 Å². The van der Waals surface area contributed by atoms with Crippen LogP contribution in [0.2, 0.25) is 0 Å². The number of urea groups is 1. The van der Waals surface area contributed by atoms with Crippen LogP contribution in [0, 0.1) is 0 Å². The summed E-state index contributed by atoms with van der Waals surface area (Å²) in [5.74, 6) is 0.839. The average Bonchev–Trinajstić information content (AvgIpc) is 3.05. The van der Waals surface area contributed by atoms with Gasteiger partial charge in [0.2, 0.25) is 0 Å². The molecule has 0 unspecified atom stereocenters. The maximum Gasteiger partial charge on any atom is 0.329 e. The van der Waals surface area contributed by atoms with Gasteiger partial charge < -0.3 is 14.8 Å². The number of hydrogen-bond acceptors (Lipinski definition) is 4. The fourth-order valence-electron chi connectivity index (χ4n) is 3.63. The van der Waals surface area contributed by atoms with Gasteiger partial charge in [0.1, 0.15) is 12.3 Å². The minimum atomic E-state index is -0.389. The second-order valence-corrected chi connectivity index (χ2v) is 7.28. The van der Waals surface area contributed by atoms with Crippen molar-refractivity contribution in [1.82, 2.24) is 10.2 Å². The van der Waals surface area contributed by atoms with Gasteiger partial charge in [-0.2, -0.15) is 0 Å². The Balaban J connectivity index is 1.53. The Labute approximate surface area is 181 Å². The van der Waals surface area contributed by atoms with Crippen molar-refractivity contribution in [3.05, 3.63) is 77.5 Å². The van der Waals surface area contributed by atoms with Gasteiger partial charge in [-0.1, -0.05) is 55.5 Å². The molecule has 6 nitrogen and oxygen atoms in total. The van der Waals surface area contributed by atoms with Crippen molar-refractivity contribution >= 4 is 28.8 Å². The molecule has 0 bridgehead atoms. The van der Waals surface area contributed by atoms with E-state index in [0.29, 0.717) is 31.1 Å². The van der Waals surface area contributed by atoms with E-state index in [-0.39, 0.29) is 17.6 Å². The van der Waals surface area contributed by atoms with Crippen molar-refractivity contribution < 1.29 is 19.1 Å². The lowest BCUT2D eigenvalue weighted by Crippen LogP contribution is -2.31. The molecule has 0 aromatic heterocycles. The second-order valence-electron chi connectivity index (χ2n) is 7.28. The van der Waals surface area contributed by atoms with Gasteiger partial charge in [0, 0.05) is 6.54 Å². The van der Waals surface area contributed by atoms with Crippen molar-refractivity contribution in [2.45, 2.75) is 20.0 Å². The van der Waals surface area contributed by atoms with Gasteiger partial charge in [-0.15, -0.1) is 0 Å². The summed E-state index contributed by atoms with van der Waals surface area (Å²) in [5, 5.41) is 4.94. The van der Waals surface area contributed by atoms with E-state index in [9.17, 15) is 9.59 Å². The summed E-state index contributed by atoms with van der Waals surface area (Å²) in [6.07, 6.45) is 2.36. The van der Waals surface area contributed by atoms with Crippen LogP contribution in [0.1, 0.15) is 24.5 Å². The molecule has 1 aliphatic heterocycles. The van der Waals surface area contributed by atoms with Gasteiger partial charge in [-0.25, -0.2) is 4.79 Å². The van der Waals surface area contributed by atoms with Gasteiger partial charge in [-0.05, 0) is 46.5 Å². The molecule has 6 heteroatoms. The summed E-state index contributed by atoms with van der Waals surface area (Å²) in [4.78, 5) is 25.6. The lowest BCUT2D eigenvalue weighted by atomic mass is 10.1. The molecule has 0 radical (unpaired) electrons. The first-order valence-electron chi connectivity index (χ1n) is 10.2. The van der Waals surface area contributed by atoms with E-state index in [1.165, 1.54) is 4.90 Å². The SMILES string of the molecule is CCCN1C(=O)N/C(=C/c2ccc(OCc3cccc4ccccc34)c(OC)c2)C1=O. The molecular formula is C25H24N2O4. The number of nitrogens with zero attached hydrogens (tertiary/aromatic N) is 1. The molecule has 3 aromatic carbocycles. The maximum absolute atomic E-state index is 12.4. The molecular weight excluding hydrogens is 392 g/mol. The van der Waals surface area contributed by atoms with Gasteiger partial charge in [0.05, 0.1) is 7.11 Å². The highest BCUT2D eigenvalue weighted by molar-refractivity contribution is 6.14. The average molecular weight is 416 g/mol. The van der Waals surface area contributed by atoms with E-state index >= 15 is 0 Å². The van der Waals surface area contributed by atoms with Crippen LogP contribution in [-0.4, -0.2) is 30.5 Å². The van der Waals surface area contributed by atoms with Gasteiger partial charge in [-0.3, -0.25) is 9.69 Å². The summed E-state index contributed by atoms with van der Waals surface area (Å²) < 4.78 is 11.5. The predicted molar refractivity (Wildman–Crippen MR) is 120 cm³/mol. The number of imide groups is 1. The molecule has 1 heterocycles. The van der Waals surface area contributed by atoms with E-state index in [2.05, 4.69) is 23.5 Å². The number of rotatable bonds is 7. The Morgan fingerprint density at radius 3 is 2.61 bits per heavy atom. The van der Waals surface area contributed by atoms with Gasteiger partial charge in [0.15, 0.2) is 11.5 Å². The van der Waals surface area contributed by atoms with E-state index in [4.69, 9.17) is 9.47 Å². The van der Waals surface area contributed by atoms with Crippen LogP contribution in [0.3, 0.4) is 0 Å². The highest BCUT2D eigenvalue weighted by Crippen LogP contribution is 2.31. The molecule has 0 saturated carbocycles. The molecule has 1 saturated heterocycles. The van der Waals surface area contributed by atoms with Crippen molar-refractivity contribution in [1.29, 1.82) is 0 Å². The Kier molecular flexibility index (Phi) is 5.89. The second kappa shape index (κ2) is 8.92. The number of hydrogen-bond donors (Lipinski definition) is 1. The number of carbonyl (C=O) groups excluding carboxylic acids is 2. The minimum absolute atomic E-state index is 0.255. The molecule has 4 rings (SSSR count). The normalized spacial score (nSPS) is 14.9. The van der Waals surface area contributed by atoms with E-state index in [1.807, 2.05) is 37.3 Å². The van der Waals surface area contributed by atoms with Crippen LogP contribution in [0.15, 0.2) is 66.4 Å². The molecule has 0 aliphatic carbocycles. The molecule has 0 atom stereocenters. The van der Waals surface area contributed by atoms with Gasteiger partial charge >= 0.3 is 6.03 Å². The van der Waals surface area contributed by atoms with E-state index in [1.54, 1.807) is 25.3 Å². The fourth-order valence-corrected chi connectivity index (χ4v) is 3.63. The Hall–Kier alpha value is -3.80. The van der Waals surface area contributed by atoms with Crippen LogP contribution >= 0.6 is 0 Å². The standard InChI is InChI=1S/C25H24N2O4/c1-3-13-27-24(28)21(26-25(27)29)14-17-11-12-22(23(15-17)30-2)31-16-19-9-6-8-18-7-4-5-10-20(18)19/h4-12,14-15H,3,13,16H2,1-2H3,(H,26,29)/b21-14+. The number of nitrogens with one attached hydrogen (secondary N) is 1. The number of amides is 3. The largest absolute Gasteiger partial charge is 0.493 e. The number of fused-ring (bicyclic) bond motifs is 1. The highest BCUT2D eigenvalue weighted by atomic mass is 16.5. The Bertz CT molecular complexity index is 1160. The summed E-state index contributed by atoms with van der Waals surface area (Å²) in [7, 11) is 1.57. The molecule has 31 heavy (non-hydrogen) atoms. The lowest BCUT2D eigenvalue weighted by molar-refractivity contribution is -0.122. The topological polar surface area (TPSA) is 67.9 Å². The third-order valence-electron chi connectivity index (χ3n) is 5.17. The smallest absolute Gasteiger partial charge is 0.329 e. The van der Waals surface area contributed by atoms with Gasteiger partial charge in [0.25, 0.3) is 5.91 Å². The molecule has 0 spiro atoms. The summed E-state index contributed by atoms with van der Waals surface area (Å²) >= 11 is 0. The zero-order chi connectivity index (χ0) is 21.8. The highest BCUT2D eigenvalue weighted by Gasteiger charge is 2.32. The first-order chi connectivity index (χ1) is 15.1. The van der Waals surface area contributed by atoms with Crippen LogP contribution in [0.25, 0.3) is 16.8 Å². The van der Waals surface area contributed by atoms with Crippen molar-refractivity contribution in [3.8, 4) is 11.5 Å². The first kappa shape index (κ1) is 20.5. The summed E-state index contributed by atoms with van der Waals surface area (Å²) in [6.45, 7) is 2.72. The molecule has 3 aromatic rings. The monoisotopic (exact) mass is 416 g/mol. The minimum Gasteiger partial charge on any atom is -0.493 e. The van der Waals surface area contributed by atoms with Crippen molar-refractivity contribution in [3.63, 3.8) is 0 Å². The van der Waals surface area contributed by atoms with E-state index < -0.39 is 0 Å². The summed E-state index contributed by atoms with van der Waals surface area (Å²) in [6, 6.07) is 19.4. The van der Waals surface area contributed by atoms with Crippen molar-refractivity contribution in [2.24, 2.45) is 0 Å². The molecule has 1 fully saturated rings. The quantitative estimate of drug-likeness (QED) is 0.447. The zero-order valence-electron chi connectivity index (χ0n) is 17.6. The number of carbonyl (C=O) groups is 2. The molecule has 158 valence electrons. The molecule has 1 N–H and O–H groups in total. The fraction of sp³-hybridized carbons (Fsp3) is 0.200. The number of ether oxygens (including phenoxy) is 2. The van der Waals surface area contributed by atoms with Crippen LogP contribution in [0.4, 0.5) is 4.79 Å². The van der Waals surface area contributed by atoms with Crippen molar-refractivity contribution in [2.75, 3.05) is 13.7 Å². The predicted octanol–water partition coefficient (Wildman–Crippen LogP) is 4.73. The number of methoxy groups -OCH3 is 1. The van der Waals surface area contributed by atoms with E-state index in [0.717, 1.165) is 21.9 Å².